The van der Waals surface area contributed by atoms with Crippen molar-refractivity contribution in [1.29, 1.82) is 0 Å². The summed E-state index contributed by atoms with van der Waals surface area (Å²) in [7, 11) is 2.20. The van der Waals surface area contributed by atoms with Crippen LogP contribution in [0.5, 0.6) is 0 Å². The van der Waals surface area contributed by atoms with E-state index in [4.69, 9.17) is 0 Å². The van der Waals surface area contributed by atoms with Crippen LogP contribution in [0.15, 0.2) is 54.7 Å². The average molecular weight is 305 g/mol. The zero-order valence-electron chi connectivity index (χ0n) is 13.6. The Morgan fingerprint density at radius 3 is 2.48 bits per heavy atom. The van der Waals surface area contributed by atoms with Crippen LogP contribution in [0.25, 0.3) is 22.0 Å². The predicted octanol–water partition coefficient (Wildman–Crippen LogP) is 3.58. The number of aromatic nitrogens is 1. The van der Waals surface area contributed by atoms with Gasteiger partial charge in [0.25, 0.3) is 0 Å². The highest BCUT2D eigenvalue weighted by atomic mass is 15.2. The summed E-state index contributed by atoms with van der Waals surface area (Å²) in [4.78, 5) is 8.38. The van der Waals surface area contributed by atoms with Crippen LogP contribution in [0.3, 0.4) is 0 Å². The summed E-state index contributed by atoms with van der Waals surface area (Å²) in [5, 5.41) is 1.35. The number of nitrogens with one attached hydrogen (secondary N) is 1. The molecule has 0 radical (unpaired) electrons. The largest absolute Gasteiger partial charge is 0.361 e. The quantitative estimate of drug-likeness (QED) is 0.799. The molecule has 1 N–H and O–H groups in total. The van der Waals surface area contributed by atoms with Crippen molar-refractivity contribution in [3.05, 3.63) is 60.3 Å². The number of piperazine rings is 1. The molecule has 23 heavy (non-hydrogen) atoms. The van der Waals surface area contributed by atoms with Crippen molar-refractivity contribution < 1.29 is 0 Å². The minimum absolute atomic E-state index is 1.03. The van der Waals surface area contributed by atoms with Crippen molar-refractivity contribution in [2.45, 2.75) is 6.54 Å². The zero-order chi connectivity index (χ0) is 15.6. The van der Waals surface area contributed by atoms with E-state index in [2.05, 4.69) is 76.6 Å². The van der Waals surface area contributed by atoms with Crippen LogP contribution in [0, 0.1) is 0 Å². The fourth-order valence-corrected chi connectivity index (χ4v) is 3.37. The van der Waals surface area contributed by atoms with E-state index in [9.17, 15) is 0 Å². The number of aromatic amines is 1. The van der Waals surface area contributed by atoms with Gasteiger partial charge in [-0.25, -0.2) is 0 Å². The van der Waals surface area contributed by atoms with Gasteiger partial charge >= 0.3 is 0 Å². The van der Waals surface area contributed by atoms with Crippen LogP contribution >= 0.6 is 0 Å². The summed E-state index contributed by atoms with van der Waals surface area (Å²) >= 11 is 0. The molecule has 1 aliphatic rings. The molecule has 1 aromatic heterocycles. The Morgan fingerprint density at radius 2 is 1.70 bits per heavy atom. The Hall–Kier alpha value is -2.10. The Balaban J connectivity index is 1.63. The number of benzene rings is 2. The first-order chi connectivity index (χ1) is 11.3. The lowest BCUT2D eigenvalue weighted by atomic mass is 10.0. The summed E-state index contributed by atoms with van der Waals surface area (Å²) in [6.07, 6.45) is 2.18. The van der Waals surface area contributed by atoms with E-state index in [1.165, 1.54) is 27.6 Å². The van der Waals surface area contributed by atoms with Crippen LogP contribution in [0.2, 0.25) is 0 Å². The lowest BCUT2D eigenvalue weighted by Crippen LogP contribution is -2.43. The number of likely N-dealkylation sites (N-methyl/N-ethyl adjacent to an activating group) is 1. The van der Waals surface area contributed by atoms with Crippen LogP contribution < -0.4 is 0 Å². The standard InChI is InChI=1S/C20H23N3/c1-22-9-11-23(12-10-22)15-18-14-21-20-8-7-17(13-19(18)20)16-5-3-2-4-6-16/h2-8,13-14,21H,9-12,15H2,1H3. The van der Waals surface area contributed by atoms with E-state index in [-0.39, 0.29) is 0 Å². The summed E-state index contributed by atoms with van der Waals surface area (Å²) in [5.41, 5.74) is 5.20. The Labute approximate surface area is 137 Å². The minimum Gasteiger partial charge on any atom is -0.361 e. The van der Waals surface area contributed by atoms with E-state index in [0.29, 0.717) is 0 Å². The number of hydrogen-bond acceptors (Lipinski definition) is 2. The van der Waals surface area contributed by atoms with Gasteiger partial charge in [0.1, 0.15) is 0 Å². The Morgan fingerprint density at radius 1 is 0.913 bits per heavy atom. The molecule has 3 heteroatoms. The smallest absolute Gasteiger partial charge is 0.0457 e. The number of H-pyrrole nitrogens is 1. The molecule has 2 aromatic carbocycles. The fourth-order valence-electron chi connectivity index (χ4n) is 3.37. The Bertz CT molecular complexity index is 783. The fraction of sp³-hybridized carbons (Fsp3) is 0.300. The molecule has 3 aromatic rings. The highest BCUT2D eigenvalue weighted by Gasteiger charge is 2.15. The summed E-state index contributed by atoms with van der Waals surface area (Å²) in [6, 6.07) is 17.3. The molecule has 1 aliphatic heterocycles. The summed E-state index contributed by atoms with van der Waals surface area (Å²) in [6.45, 7) is 5.67. The van der Waals surface area contributed by atoms with Crippen molar-refractivity contribution >= 4 is 10.9 Å². The molecule has 0 bridgehead atoms. The monoisotopic (exact) mass is 305 g/mol. The molecule has 0 unspecified atom stereocenters. The second kappa shape index (κ2) is 6.19. The molecule has 0 amide bonds. The maximum Gasteiger partial charge on any atom is 0.0457 e. The molecular formula is C20H23N3. The molecule has 0 saturated carbocycles. The molecule has 4 rings (SSSR count). The van der Waals surface area contributed by atoms with Crippen molar-refractivity contribution in [2.75, 3.05) is 33.2 Å². The van der Waals surface area contributed by atoms with Gasteiger partial charge in [-0.05, 0) is 35.9 Å². The maximum atomic E-state index is 3.43. The molecule has 0 atom stereocenters. The SMILES string of the molecule is CN1CCN(Cc2c[nH]c3ccc(-c4ccccc4)cc23)CC1. The van der Waals surface area contributed by atoms with Gasteiger partial charge in [0.05, 0.1) is 0 Å². The normalized spacial score (nSPS) is 16.9. The Kier molecular flexibility index (Phi) is 3.90. The summed E-state index contributed by atoms with van der Waals surface area (Å²) < 4.78 is 0. The first kappa shape index (κ1) is 14.5. The van der Waals surface area contributed by atoms with Gasteiger partial charge in [-0.2, -0.15) is 0 Å². The third-order valence-corrected chi connectivity index (χ3v) is 4.86. The van der Waals surface area contributed by atoms with Crippen LogP contribution in [-0.2, 0) is 6.54 Å². The number of hydrogen-bond donors (Lipinski definition) is 1. The minimum atomic E-state index is 1.03. The van der Waals surface area contributed by atoms with E-state index in [0.717, 1.165) is 32.7 Å². The van der Waals surface area contributed by atoms with Crippen LogP contribution in [0.4, 0.5) is 0 Å². The molecule has 1 saturated heterocycles. The molecule has 0 spiro atoms. The van der Waals surface area contributed by atoms with Gasteiger partial charge in [0.2, 0.25) is 0 Å². The van der Waals surface area contributed by atoms with Crippen molar-refractivity contribution in [2.24, 2.45) is 0 Å². The molecule has 3 nitrogen and oxygen atoms in total. The number of fused-ring (bicyclic) bond motifs is 1. The van der Waals surface area contributed by atoms with E-state index in [1.807, 2.05) is 0 Å². The van der Waals surface area contributed by atoms with Crippen LogP contribution in [0.1, 0.15) is 5.56 Å². The highest BCUT2D eigenvalue weighted by Crippen LogP contribution is 2.27. The lowest BCUT2D eigenvalue weighted by Gasteiger charge is -2.32. The topological polar surface area (TPSA) is 22.3 Å². The first-order valence-corrected chi connectivity index (χ1v) is 8.36. The highest BCUT2D eigenvalue weighted by molar-refractivity contribution is 5.88. The van der Waals surface area contributed by atoms with Crippen molar-refractivity contribution in [1.82, 2.24) is 14.8 Å². The van der Waals surface area contributed by atoms with Gasteiger partial charge in [-0.15, -0.1) is 0 Å². The van der Waals surface area contributed by atoms with E-state index in [1.54, 1.807) is 0 Å². The third-order valence-electron chi connectivity index (χ3n) is 4.86. The van der Waals surface area contributed by atoms with Gasteiger partial charge < -0.3 is 9.88 Å². The third kappa shape index (κ3) is 3.03. The number of nitrogens with zero attached hydrogens (tertiary/aromatic N) is 2. The predicted molar refractivity (Wildman–Crippen MR) is 96.5 cm³/mol. The molecule has 0 aliphatic carbocycles. The van der Waals surface area contributed by atoms with Crippen molar-refractivity contribution in [3.63, 3.8) is 0 Å². The molecule has 118 valence electrons. The molecule has 2 heterocycles. The summed E-state index contributed by atoms with van der Waals surface area (Å²) in [5.74, 6) is 0. The van der Waals surface area contributed by atoms with Gasteiger partial charge in [0, 0.05) is 49.8 Å². The van der Waals surface area contributed by atoms with Gasteiger partial charge in [0.15, 0.2) is 0 Å². The van der Waals surface area contributed by atoms with Gasteiger partial charge in [-0.1, -0.05) is 36.4 Å². The van der Waals surface area contributed by atoms with E-state index < -0.39 is 0 Å². The molecular weight excluding hydrogens is 282 g/mol. The molecule has 1 fully saturated rings. The van der Waals surface area contributed by atoms with Gasteiger partial charge in [-0.3, -0.25) is 4.90 Å². The maximum absolute atomic E-state index is 3.43. The van der Waals surface area contributed by atoms with Crippen LogP contribution in [-0.4, -0.2) is 48.0 Å². The average Bonchev–Trinajstić information content (AvgIpc) is 3.00. The lowest BCUT2D eigenvalue weighted by molar-refractivity contribution is 0.148. The second-order valence-electron chi connectivity index (χ2n) is 6.52. The zero-order valence-corrected chi connectivity index (χ0v) is 13.6. The second-order valence-corrected chi connectivity index (χ2v) is 6.52. The number of rotatable bonds is 3. The van der Waals surface area contributed by atoms with Crippen molar-refractivity contribution in [3.8, 4) is 11.1 Å². The van der Waals surface area contributed by atoms with E-state index >= 15 is 0 Å². The first-order valence-electron chi connectivity index (χ1n) is 8.36.